The summed E-state index contributed by atoms with van der Waals surface area (Å²) in [6.07, 6.45) is 13.7. The van der Waals surface area contributed by atoms with Gasteiger partial charge >= 0.3 is 0 Å². The fraction of sp³-hybridized carbons (Fsp3) is 0.476. The van der Waals surface area contributed by atoms with Crippen molar-refractivity contribution in [2.45, 2.75) is 43.9 Å². The van der Waals surface area contributed by atoms with Crippen molar-refractivity contribution >= 4 is 23.0 Å². The quantitative estimate of drug-likeness (QED) is 0.728. The number of pyridine rings is 1. The lowest BCUT2D eigenvalue weighted by Gasteiger charge is -2.56. The Morgan fingerprint density at radius 2 is 1.92 bits per heavy atom. The molecule has 0 aromatic carbocycles. The van der Waals surface area contributed by atoms with Crippen LogP contribution in [0.5, 0.6) is 0 Å². The number of nitriles is 1. The van der Waals surface area contributed by atoms with Gasteiger partial charge in [0, 0.05) is 23.2 Å². The van der Waals surface area contributed by atoms with Crippen molar-refractivity contribution in [2.75, 3.05) is 0 Å². The van der Waals surface area contributed by atoms with Crippen molar-refractivity contribution in [1.82, 2.24) is 9.97 Å². The van der Waals surface area contributed by atoms with E-state index in [2.05, 4.69) is 16.4 Å². The highest BCUT2D eigenvalue weighted by Gasteiger charge is 2.52. The summed E-state index contributed by atoms with van der Waals surface area (Å²) in [5.74, 6) is 2.74. The summed E-state index contributed by atoms with van der Waals surface area (Å²) in [4.78, 5) is 9.10. The van der Waals surface area contributed by atoms with Crippen LogP contribution in [-0.2, 0) is 5.41 Å². The molecule has 0 aliphatic heterocycles. The van der Waals surface area contributed by atoms with Crippen LogP contribution in [0, 0.1) is 29.1 Å². The third kappa shape index (κ3) is 2.62. The van der Waals surface area contributed by atoms with Gasteiger partial charge in [-0.15, -0.1) is 11.3 Å². The lowest BCUT2D eigenvalue weighted by molar-refractivity contribution is -0.00694. The molecular formula is C21H21N3S. The van der Waals surface area contributed by atoms with E-state index in [1.165, 1.54) is 44.2 Å². The molecule has 2 aromatic rings. The molecule has 4 aliphatic rings. The molecule has 0 radical (unpaired) electrons. The van der Waals surface area contributed by atoms with Gasteiger partial charge in [0.15, 0.2) is 0 Å². The Labute approximate surface area is 152 Å². The van der Waals surface area contributed by atoms with Gasteiger partial charge in [-0.1, -0.05) is 6.07 Å². The summed E-state index contributed by atoms with van der Waals surface area (Å²) in [5.41, 5.74) is 3.16. The average molecular weight is 347 g/mol. The Bertz CT molecular complexity index is 823. The van der Waals surface area contributed by atoms with Gasteiger partial charge in [0.25, 0.3) is 0 Å². The SMILES string of the molecule is N#C/C(=C/c1cccnc1)c1nc(C23CC4CC(CC(C4)C2)C3)cs1. The fourth-order valence-electron chi connectivity index (χ4n) is 5.84. The van der Waals surface area contributed by atoms with E-state index in [1.54, 1.807) is 23.7 Å². The van der Waals surface area contributed by atoms with Crippen LogP contribution in [0.3, 0.4) is 0 Å². The van der Waals surface area contributed by atoms with Gasteiger partial charge in [0.1, 0.15) is 11.1 Å². The van der Waals surface area contributed by atoms with E-state index < -0.39 is 0 Å². The number of hydrogen-bond acceptors (Lipinski definition) is 4. The molecule has 4 saturated carbocycles. The van der Waals surface area contributed by atoms with Crippen LogP contribution >= 0.6 is 11.3 Å². The van der Waals surface area contributed by atoms with Gasteiger partial charge in [-0.25, -0.2) is 4.98 Å². The Hall–Kier alpha value is -1.99. The molecule has 0 amide bonds. The lowest BCUT2D eigenvalue weighted by atomic mass is 9.49. The predicted octanol–water partition coefficient (Wildman–Crippen LogP) is 5.07. The zero-order valence-corrected chi connectivity index (χ0v) is 15.0. The molecule has 4 bridgehead atoms. The minimum Gasteiger partial charge on any atom is -0.264 e. The molecule has 0 saturated heterocycles. The molecule has 6 rings (SSSR count). The van der Waals surface area contributed by atoms with Crippen LogP contribution in [0.1, 0.15) is 54.8 Å². The number of thiazole rings is 1. The monoisotopic (exact) mass is 347 g/mol. The molecular weight excluding hydrogens is 326 g/mol. The molecule has 0 atom stereocenters. The van der Waals surface area contributed by atoms with Gasteiger partial charge in [0.2, 0.25) is 0 Å². The summed E-state index contributed by atoms with van der Waals surface area (Å²) in [5, 5.41) is 12.7. The smallest absolute Gasteiger partial charge is 0.134 e. The lowest BCUT2D eigenvalue weighted by Crippen LogP contribution is -2.48. The number of hydrogen-bond donors (Lipinski definition) is 0. The molecule has 4 heteroatoms. The van der Waals surface area contributed by atoms with Crippen LogP contribution in [-0.4, -0.2) is 9.97 Å². The maximum Gasteiger partial charge on any atom is 0.134 e. The third-order valence-corrected chi connectivity index (χ3v) is 7.31. The van der Waals surface area contributed by atoms with E-state index in [0.29, 0.717) is 11.0 Å². The molecule has 0 unspecified atom stereocenters. The minimum atomic E-state index is 0.304. The van der Waals surface area contributed by atoms with E-state index in [9.17, 15) is 5.26 Å². The molecule has 4 aliphatic carbocycles. The topological polar surface area (TPSA) is 49.6 Å². The number of allylic oxidation sites excluding steroid dienone is 1. The Morgan fingerprint density at radius 1 is 1.20 bits per heavy atom. The van der Waals surface area contributed by atoms with Crippen LogP contribution < -0.4 is 0 Å². The molecule has 0 spiro atoms. The highest BCUT2D eigenvalue weighted by molar-refractivity contribution is 7.11. The van der Waals surface area contributed by atoms with Crippen molar-refractivity contribution in [3.63, 3.8) is 0 Å². The number of rotatable bonds is 3. The highest BCUT2D eigenvalue weighted by atomic mass is 32.1. The average Bonchev–Trinajstić information content (AvgIpc) is 3.10. The van der Waals surface area contributed by atoms with Crippen molar-refractivity contribution in [3.05, 3.63) is 46.2 Å². The molecule has 126 valence electrons. The van der Waals surface area contributed by atoms with E-state index in [-0.39, 0.29) is 0 Å². The van der Waals surface area contributed by atoms with Crippen molar-refractivity contribution in [3.8, 4) is 6.07 Å². The van der Waals surface area contributed by atoms with E-state index in [1.807, 2.05) is 18.2 Å². The zero-order chi connectivity index (χ0) is 16.9. The summed E-state index contributed by atoms with van der Waals surface area (Å²) in [7, 11) is 0. The largest absolute Gasteiger partial charge is 0.264 e. The summed E-state index contributed by atoms with van der Waals surface area (Å²) in [6, 6.07) is 6.20. The molecule has 25 heavy (non-hydrogen) atoms. The van der Waals surface area contributed by atoms with Crippen molar-refractivity contribution in [2.24, 2.45) is 17.8 Å². The van der Waals surface area contributed by atoms with E-state index >= 15 is 0 Å². The van der Waals surface area contributed by atoms with Gasteiger partial charge in [-0.05, 0) is 74.0 Å². The highest BCUT2D eigenvalue weighted by Crippen LogP contribution is 2.60. The molecule has 3 nitrogen and oxygen atoms in total. The van der Waals surface area contributed by atoms with Crippen LogP contribution in [0.25, 0.3) is 11.6 Å². The Kier molecular flexibility index (Phi) is 3.53. The first-order valence-corrected chi connectivity index (χ1v) is 10.1. The van der Waals surface area contributed by atoms with Crippen LogP contribution in [0.2, 0.25) is 0 Å². The first kappa shape index (κ1) is 15.3. The Morgan fingerprint density at radius 3 is 2.52 bits per heavy atom. The summed E-state index contributed by atoms with van der Waals surface area (Å²) >= 11 is 1.63. The second-order valence-corrected chi connectivity index (χ2v) is 9.05. The third-order valence-electron chi connectivity index (χ3n) is 6.43. The van der Waals surface area contributed by atoms with Crippen LogP contribution in [0.4, 0.5) is 0 Å². The fourth-order valence-corrected chi connectivity index (χ4v) is 6.74. The summed E-state index contributed by atoms with van der Waals surface area (Å²) in [6.45, 7) is 0. The van der Waals surface area contributed by atoms with Crippen LogP contribution in [0.15, 0.2) is 29.9 Å². The molecule has 2 heterocycles. The van der Waals surface area contributed by atoms with Gasteiger partial charge < -0.3 is 0 Å². The maximum absolute atomic E-state index is 9.61. The standard InChI is InChI=1S/C21H21N3S/c22-11-18(7-14-2-1-3-23-12-14)20-24-19(13-25-20)21-8-15-4-16(9-21)6-17(5-15)10-21/h1-3,7,12-13,15-17H,4-6,8-10H2/b18-7-. The molecule has 0 N–H and O–H groups in total. The summed E-state index contributed by atoms with van der Waals surface area (Å²) < 4.78 is 0. The van der Waals surface area contributed by atoms with Gasteiger partial charge in [0.05, 0.1) is 11.3 Å². The number of nitrogens with zero attached hydrogens (tertiary/aromatic N) is 3. The van der Waals surface area contributed by atoms with E-state index in [0.717, 1.165) is 28.3 Å². The Balaban J connectivity index is 1.48. The normalized spacial score (nSPS) is 33.4. The second kappa shape index (κ2) is 5.78. The van der Waals surface area contributed by atoms with Gasteiger partial charge in [-0.3, -0.25) is 4.98 Å². The zero-order valence-electron chi connectivity index (χ0n) is 14.2. The minimum absolute atomic E-state index is 0.304. The van der Waals surface area contributed by atoms with Crippen molar-refractivity contribution < 1.29 is 0 Å². The van der Waals surface area contributed by atoms with Crippen molar-refractivity contribution in [1.29, 1.82) is 5.26 Å². The maximum atomic E-state index is 9.61. The first-order chi connectivity index (χ1) is 12.2. The molecule has 4 fully saturated rings. The first-order valence-electron chi connectivity index (χ1n) is 9.22. The van der Waals surface area contributed by atoms with E-state index in [4.69, 9.17) is 4.98 Å². The predicted molar refractivity (Wildman–Crippen MR) is 99.7 cm³/mol. The molecule has 2 aromatic heterocycles. The van der Waals surface area contributed by atoms with Gasteiger partial charge in [-0.2, -0.15) is 5.26 Å². The second-order valence-electron chi connectivity index (χ2n) is 8.19. The number of aromatic nitrogens is 2.